The highest BCUT2D eigenvalue weighted by molar-refractivity contribution is 5.91. The fourth-order valence-electron chi connectivity index (χ4n) is 2.05. The second-order valence-corrected chi connectivity index (χ2v) is 4.94. The van der Waals surface area contributed by atoms with Crippen molar-refractivity contribution in [1.29, 1.82) is 0 Å². The molecule has 0 saturated carbocycles. The summed E-state index contributed by atoms with van der Waals surface area (Å²) in [6.07, 6.45) is -0.126. The Kier molecular flexibility index (Phi) is 5.16. The molecule has 0 saturated heterocycles. The third-order valence-corrected chi connectivity index (χ3v) is 3.08. The summed E-state index contributed by atoms with van der Waals surface area (Å²) in [7, 11) is 0. The first-order chi connectivity index (χ1) is 10.5. The normalized spacial score (nSPS) is 12.0. The Hall–Kier alpha value is -2.34. The zero-order valence-electron chi connectivity index (χ0n) is 11.7. The summed E-state index contributed by atoms with van der Waals surface area (Å²) < 4.78 is 39.4. The molecule has 116 valence electrons. The van der Waals surface area contributed by atoms with E-state index in [9.17, 15) is 18.0 Å². The molecular weight excluding hydrogens is 293 g/mol. The van der Waals surface area contributed by atoms with E-state index >= 15 is 0 Å². The van der Waals surface area contributed by atoms with E-state index in [4.69, 9.17) is 5.73 Å². The minimum atomic E-state index is -1.25. The molecule has 1 atom stereocenters. The molecular formula is C16H15F3N2O. The number of halogens is 3. The first-order valence-corrected chi connectivity index (χ1v) is 6.69. The van der Waals surface area contributed by atoms with E-state index in [-0.39, 0.29) is 24.3 Å². The van der Waals surface area contributed by atoms with Crippen LogP contribution in [0.15, 0.2) is 42.5 Å². The van der Waals surface area contributed by atoms with Crippen molar-refractivity contribution < 1.29 is 18.0 Å². The summed E-state index contributed by atoms with van der Waals surface area (Å²) in [4.78, 5) is 11.8. The molecule has 0 aromatic heterocycles. The first-order valence-electron chi connectivity index (χ1n) is 6.69. The summed E-state index contributed by atoms with van der Waals surface area (Å²) in [5.41, 5.74) is 6.34. The largest absolute Gasteiger partial charge is 0.327 e. The molecule has 0 aliphatic heterocycles. The number of amides is 1. The third kappa shape index (κ3) is 4.33. The summed E-state index contributed by atoms with van der Waals surface area (Å²) >= 11 is 0. The summed E-state index contributed by atoms with van der Waals surface area (Å²) in [5, 5.41) is 2.65. The Morgan fingerprint density at radius 2 is 1.68 bits per heavy atom. The molecule has 2 aromatic carbocycles. The van der Waals surface area contributed by atoms with Gasteiger partial charge in [0, 0.05) is 24.2 Å². The highest BCUT2D eigenvalue weighted by Crippen LogP contribution is 2.16. The van der Waals surface area contributed by atoms with Gasteiger partial charge in [-0.1, -0.05) is 18.2 Å². The molecule has 3 nitrogen and oxygen atoms in total. The summed E-state index contributed by atoms with van der Waals surface area (Å²) in [5.74, 6) is -3.60. The zero-order chi connectivity index (χ0) is 16.1. The lowest BCUT2D eigenvalue weighted by Gasteiger charge is -2.13. The van der Waals surface area contributed by atoms with Crippen LogP contribution in [0.3, 0.4) is 0 Å². The quantitative estimate of drug-likeness (QED) is 0.834. The molecule has 0 heterocycles. The van der Waals surface area contributed by atoms with Crippen LogP contribution in [0.4, 0.5) is 18.9 Å². The Labute approximate surface area is 125 Å². The molecule has 3 N–H and O–H groups in total. The van der Waals surface area contributed by atoms with Crippen molar-refractivity contribution in [2.24, 2.45) is 5.73 Å². The average molecular weight is 308 g/mol. The maximum absolute atomic E-state index is 13.5. The molecule has 2 aromatic rings. The highest BCUT2D eigenvalue weighted by Gasteiger charge is 2.15. The van der Waals surface area contributed by atoms with E-state index in [0.29, 0.717) is 11.8 Å². The van der Waals surface area contributed by atoms with Crippen molar-refractivity contribution in [3.8, 4) is 0 Å². The smallest absolute Gasteiger partial charge is 0.225 e. The van der Waals surface area contributed by atoms with Crippen molar-refractivity contribution in [3.05, 3.63) is 65.5 Å². The van der Waals surface area contributed by atoms with Crippen LogP contribution in [0.1, 0.15) is 12.0 Å². The minimum Gasteiger partial charge on any atom is -0.327 e. The lowest BCUT2D eigenvalue weighted by Crippen LogP contribution is -2.29. The molecule has 6 heteroatoms. The average Bonchev–Trinajstić information content (AvgIpc) is 2.45. The van der Waals surface area contributed by atoms with Gasteiger partial charge in [0.1, 0.15) is 5.82 Å². The number of anilines is 1. The zero-order valence-corrected chi connectivity index (χ0v) is 11.7. The van der Waals surface area contributed by atoms with Crippen molar-refractivity contribution in [2.75, 3.05) is 5.32 Å². The Bertz CT molecular complexity index is 662. The molecule has 0 radical (unpaired) electrons. The number of para-hydroxylation sites is 1. The Morgan fingerprint density at radius 3 is 2.36 bits per heavy atom. The van der Waals surface area contributed by atoms with Crippen molar-refractivity contribution in [2.45, 2.75) is 18.9 Å². The topological polar surface area (TPSA) is 55.1 Å². The monoisotopic (exact) mass is 308 g/mol. The molecule has 22 heavy (non-hydrogen) atoms. The van der Waals surface area contributed by atoms with Gasteiger partial charge in [-0.05, 0) is 30.2 Å². The van der Waals surface area contributed by atoms with Crippen LogP contribution in [-0.4, -0.2) is 11.9 Å². The number of benzene rings is 2. The van der Waals surface area contributed by atoms with Crippen LogP contribution in [0.25, 0.3) is 0 Å². The van der Waals surface area contributed by atoms with Gasteiger partial charge in [0.25, 0.3) is 0 Å². The van der Waals surface area contributed by atoms with Gasteiger partial charge < -0.3 is 11.1 Å². The highest BCUT2D eigenvalue weighted by atomic mass is 19.2. The van der Waals surface area contributed by atoms with Gasteiger partial charge >= 0.3 is 0 Å². The fraction of sp³-hybridized carbons (Fsp3) is 0.188. The number of nitrogens with two attached hydrogens (primary N) is 1. The van der Waals surface area contributed by atoms with Crippen LogP contribution in [-0.2, 0) is 11.2 Å². The van der Waals surface area contributed by atoms with Crippen molar-refractivity contribution >= 4 is 11.6 Å². The molecule has 0 spiro atoms. The maximum atomic E-state index is 13.5. The second-order valence-electron chi connectivity index (χ2n) is 4.94. The van der Waals surface area contributed by atoms with E-state index in [1.165, 1.54) is 0 Å². The van der Waals surface area contributed by atoms with Gasteiger partial charge in [0.2, 0.25) is 5.91 Å². The van der Waals surface area contributed by atoms with Gasteiger partial charge in [0.05, 0.1) is 0 Å². The van der Waals surface area contributed by atoms with E-state index < -0.39 is 23.5 Å². The molecule has 0 bridgehead atoms. The number of hydrogen-bond donors (Lipinski definition) is 2. The van der Waals surface area contributed by atoms with Crippen LogP contribution in [0.5, 0.6) is 0 Å². The van der Waals surface area contributed by atoms with Crippen molar-refractivity contribution in [1.82, 2.24) is 0 Å². The SMILES string of the molecule is NC(CC(=O)Nc1ccccc1)Cc1cc(F)c(F)cc1F. The van der Waals surface area contributed by atoms with Crippen LogP contribution < -0.4 is 11.1 Å². The standard InChI is InChI=1S/C16H15F3N2O/c17-13-9-15(19)14(18)7-10(13)6-11(20)8-16(22)21-12-4-2-1-3-5-12/h1-5,7,9,11H,6,8,20H2,(H,21,22). The molecule has 0 aliphatic carbocycles. The van der Waals surface area contributed by atoms with Gasteiger partial charge in [-0.2, -0.15) is 0 Å². The van der Waals surface area contributed by atoms with Gasteiger partial charge in [0.15, 0.2) is 11.6 Å². The van der Waals surface area contributed by atoms with E-state index in [1.54, 1.807) is 24.3 Å². The molecule has 0 aliphatic rings. The number of rotatable bonds is 5. The molecule has 2 rings (SSSR count). The number of nitrogens with one attached hydrogen (secondary N) is 1. The lowest BCUT2D eigenvalue weighted by atomic mass is 10.0. The minimum absolute atomic E-state index is 0.0566. The maximum Gasteiger partial charge on any atom is 0.225 e. The second kappa shape index (κ2) is 7.09. The van der Waals surface area contributed by atoms with Crippen molar-refractivity contribution in [3.63, 3.8) is 0 Å². The number of hydrogen-bond acceptors (Lipinski definition) is 2. The van der Waals surface area contributed by atoms with Crippen LogP contribution in [0.2, 0.25) is 0 Å². The van der Waals surface area contributed by atoms with Gasteiger partial charge in [-0.3, -0.25) is 4.79 Å². The Balaban J connectivity index is 1.94. The van der Waals surface area contributed by atoms with Gasteiger partial charge in [-0.25, -0.2) is 13.2 Å². The summed E-state index contributed by atoms with van der Waals surface area (Å²) in [6, 6.07) is 9.33. The molecule has 1 unspecified atom stereocenters. The molecule has 0 fully saturated rings. The third-order valence-electron chi connectivity index (χ3n) is 3.08. The van der Waals surface area contributed by atoms with E-state index in [2.05, 4.69) is 5.32 Å². The predicted molar refractivity (Wildman–Crippen MR) is 77.7 cm³/mol. The van der Waals surface area contributed by atoms with Gasteiger partial charge in [-0.15, -0.1) is 0 Å². The van der Waals surface area contributed by atoms with Crippen LogP contribution >= 0.6 is 0 Å². The number of carbonyl (C=O) groups excluding carboxylic acids is 1. The van der Waals surface area contributed by atoms with E-state index in [0.717, 1.165) is 6.07 Å². The number of carbonyl (C=O) groups is 1. The lowest BCUT2D eigenvalue weighted by molar-refractivity contribution is -0.116. The molecule has 1 amide bonds. The summed E-state index contributed by atoms with van der Waals surface area (Å²) in [6.45, 7) is 0. The predicted octanol–water partition coefficient (Wildman–Crippen LogP) is 3.00. The van der Waals surface area contributed by atoms with Crippen LogP contribution in [0, 0.1) is 17.5 Å². The fourth-order valence-corrected chi connectivity index (χ4v) is 2.05. The Morgan fingerprint density at radius 1 is 1.05 bits per heavy atom. The van der Waals surface area contributed by atoms with E-state index in [1.807, 2.05) is 6.07 Å². The first kappa shape index (κ1) is 16.0.